The first kappa shape index (κ1) is 12.0. The number of aromatic amines is 1. The standard InChI is InChI=1S/C11H9F3N2S/c1-17-9-8(7-5-3-2-4-6-7)15-10(16-9)11(12,13)14/h2-6H,1H3,(H,15,16). The summed E-state index contributed by atoms with van der Waals surface area (Å²) in [5, 5.41) is 0.420. The number of halogens is 3. The third-order valence-electron chi connectivity index (χ3n) is 2.19. The van der Waals surface area contributed by atoms with Gasteiger partial charge in [0.15, 0.2) is 0 Å². The number of benzene rings is 1. The molecular formula is C11H9F3N2S. The van der Waals surface area contributed by atoms with E-state index < -0.39 is 12.0 Å². The van der Waals surface area contributed by atoms with Gasteiger partial charge in [-0.2, -0.15) is 13.2 Å². The summed E-state index contributed by atoms with van der Waals surface area (Å²) in [6.07, 6.45) is -2.74. The van der Waals surface area contributed by atoms with Crippen LogP contribution in [-0.2, 0) is 6.18 Å². The van der Waals surface area contributed by atoms with E-state index in [4.69, 9.17) is 0 Å². The molecule has 0 spiro atoms. The Bertz CT molecular complexity index is 505. The van der Waals surface area contributed by atoms with Gasteiger partial charge >= 0.3 is 6.18 Å². The van der Waals surface area contributed by atoms with Crippen molar-refractivity contribution >= 4 is 11.8 Å². The Morgan fingerprint density at radius 1 is 1.18 bits per heavy atom. The summed E-state index contributed by atoms with van der Waals surface area (Å²) < 4.78 is 37.6. The number of imidazole rings is 1. The number of rotatable bonds is 2. The van der Waals surface area contributed by atoms with Crippen molar-refractivity contribution < 1.29 is 13.2 Å². The van der Waals surface area contributed by atoms with E-state index in [9.17, 15) is 13.2 Å². The first-order valence-electron chi connectivity index (χ1n) is 4.79. The minimum absolute atomic E-state index is 0.338. The van der Waals surface area contributed by atoms with Crippen molar-refractivity contribution in [1.29, 1.82) is 0 Å². The normalized spacial score (nSPS) is 11.8. The molecule has 2 aromatic rings. The lowest BCUT2D eigenvalue weighted by Gasteiger charge is -1.99. The second-order valence-corrected chi connectivity index (χ2v) is 4.15. The van der Waals surface area contributed by atoms with Crippen molar-refractivity contribution in [3.8, 4) is 11.3 Å². The molecule has 0 aliphatic heterocycles. The number of alkyl halides is 3. The molecule has 2 rings (SSSR count). The molecule has 0 unspecified atom stereocenters. The van der Waals surface area contributed by atoms with Gasteiger partial charge in [-0.1, -0.05) is 30.3 Å². The molecule has 0 fully saturated rings. The van der Waals surface area contributed by atoms with Gasteiger partial charge in [0, 0.05) is 5.56 Å². The maximum absolute atomic E-state index is 12.5. The second kappa shape index (κ2) is 4.44. The lowest BCUT2D eigenvalue weighted by atomic mass is 10.2. The Kier molecular flexibility index (Phi) is 3.15. The summed E-state index contributed by atoms with van der Waals surface area (Å²) in [5.41, 5.74) is 1.01. The number of aromatic nitrogens is 2. The van der Waals surface area contributed by atoms with Gasteiger partial charge in [-0.15, -0.1) is 11.8 Å². The molecule has 2 nitrogen and oxygen atoms in total. The Morgan fingerprint density at radius 2 is 1.82 bits per heavy atom. The van der Waals surface area contributed by atoms with Crippen LogP contribution in [0.2, 0.25) is 0 Å². The Labute approximate surface area is 100 Å². The number of hydrogen-bond acceptors (Lipinski definition) is 2. The molecule has 0 amide bonds. The van der Waals surface area contributed by atoms with Gasteiger partial charge in [0.1, 0.15) is 10.7 Å². The van der Waals surface area contributed by atoms with Gasteiger partial charge in [0.25, 0.3) is 0 Å². The first-order valence-corrected chi connectivity index (χ1v) is 6.01. The van der Waals surface area contributed by atoms with Crippen LogP contribution in [0.5, 0.6) is 0 Å². The van der Waals surface area contributed by atoms with Crippen molar-refractivity contribution in [2.75, 3.05) is 6.26 Å². The summed E-state index contributed by atoms with van der Waals surface area (Å²) in [6, 6.07) is 8.80. The predicted octanol–water partition coefficient (Wildman–Crippen LogP) is 3.82. The average molecular weight is 258 g/mol. The van der Waals surface area contributed by atoms with E-state index in [0.717, 1.165) is 0 Å². The van der Waals surface area contributed by atoms with Crippen molar-refractivity contribution in [3.05, 3.63) is 36.2 Å². The van der Waals surface area contributed by atoms with Gasteiger partial charge in [0.2, 0.25) is 5.82 Å². The number of nitrogens with zero attached hydrogens (tertiary/aromatic N) is 1. The number of H-pyrrole nitrogens is 1. The van der Waals surface area contributed by atoms with Gasteiger partial charge in [-0.3, -0.25) is 0 Å². The molecule has 1 N–H and O–H groups in total. The average Bonchev–Trinajstić information content (AvgIpc) is 2.73. The van der Waals surface area contributed by atoms with Crippen molar-refractivity contribution in [1.82, 2.24) is 9.97 Å². The molecule has 0 aliphatic carbocycles. The molecule has 90 valence electrons. The predicted molar refractivity (Wildman–Crippen MR) is 60.8 cm³/mol. The number of thioether (sulfide) groups is 1. The van der Waals surface area contributed by atoms with Crippen LogP contribution in [0.4, 0.5) is 13.2 Å². The van der Waals surface area contributed by atoms with Crippen molar-refractivity contribution in [3.63, 3.8) is 0 Å². The zero-order valence-corrected chi connectivity index (χ0v) is 9.69. The van der Waals surface area contributed by atoms with Crippen LogP contribution in [0, 0.1) is 0 Å². The van der Waals surface area contributed by atoms with Gasteiger partial charge in [0.05, 0.1) is 0 Å². The third-order valence-corrected chi connectivity index (χ3v) is 2.89. The van der Waals surface area contributed by atoms with Crippen molar-refractivity contribution in [2.24, 2.45) is 0 Å². The van der Waals surface area contributed by atoms with Crippen LogP contribution in [0.25, 0.3) is 11.3 Å². The zero-order valence-electron chi connectivity index (χ0n) is 8.88. The van der Waals surface area contributed by atoms with Crippen LogP contribution in [0.15, 0.2) is 35.4 Å². The monoisotopic (exact) mass is 258 g/mol. The molecular weight excluding hydrogens is 249 g/mol. The second-order valence-electron chi connectivity index (χ2n) is 3.33. The summed E-state index contributed by atoms with van der Waals surface area (Å²) in [7, 11) is 0. The maximum Gasteiger partial charge on any atom is 0.449 e. The lowest BCUT2D eigenvalue weighted by Crippen LogP contribution is -2.07. The molecule has 1 heterocycles. The minimum atomic E-state index is -4.45. The van der Waals surface area contributed by atoms with Crippen LogP contribution < -0.4 is 0 Å². The van der Waals surface area contributed by atoms with E-state index in [1.807, 2.05) is 0 Å². The Hall–Kier alpha value is -1.43. The molecule has 0 radical (unpaired) electrons. The Morgan fingerprint density at radius 3 is 2.35 bits per heavy atom. The smallest absolute Gasteiger partial charge is 0.329 e. The maximum atomic E-state index is 12.5. The van der Waals surface area contributed by atoms with E-state index in [-0.39, 0.29) is 0 Å². The molecule has 0 saturated carbocycles. The minimum Gasteiger partial charge on any atom is -0.329 e. The van der Waals surface area contributed by atoms with Gasteiger partial charge in [-0.05, 0) is 6.26 Å². The molecule has 0 atom stereocenters. The summed E-state index contributed by atoms with van der Waals surface area (Å²) in [5.74, 6) is -0.958. The van der Waals surface area contributed by atoms with E-state index in [0.29, 0.717) is 16.3 Å². The van der Waals surface area contributed by atoms with E-state index in [2.05, 4.69) is 9.97 Å². The molecule has 0 bridgehead atoms. The topological polar surface area (TPSA) is 28.7 Å². The highest BCUT2D eigenvalue weighted by Crippen LogP contribution is 2.34. The summed E-state index contributed by atoms with van der Waals surface area (Å²) >= 11 is 1.21. The fraction of sp³-hybridized carbons (Fsp3) is 0.182. The molecule has 1 aromatic carbocycles. The Balaban J connectivity index is 2.51. The third kappa shape index (κ3) is 2.46. The van der Waals surface area contributed by atoms with Crippen LogP contribution in [0.3, 0.4) is 0 Å². The van der Waals surface area contributed by atoms with Crippen LogP contribution in [-0.4, -0.2) is 16.2 Å². The van der Waals surface area contributed by atoms with Crippen molar-refractivity contribution in [2.45, 2.75) is 11.2 Å². The highest BCUT2D eigenvalue weighted by molar-refractivity contribution is 7.98. The number of hydrogen-bond donors (Lipinski definition) is 1. The van der Waals surface area contributed by atoms with Gasteiger partial charge < -0.3 is 4.98 Å². The van der Waals surface area contributed by atoms with Crippen LogP contribution in [0.1, 0.15) is 5.82 Å². The van der Waals surface area contributed by atoms with Crippen LogP contribution >= 0.6 is 11.8 Å². The lowest BCUT2D eigenvalue weighted by molar-refractivity contribution is -0.144. The molecule has 6 heteroatoms. The molecule has 1 aromatic heterocycles. The summed E-state index contributed by atoms with van der Waals surface area (Å²) in [4.78, 5) is 5.92. The van der Waals surface area contributed by atoms with E-state index in [1.54, 1.807) is 36.6 Å². The quantitative estimate of drug-likeness (QED) is 0.829. The van der Waals surface area contributed by atoms with E-state index in [1.165, 1.54) is 11.8 Å². The molecule has 17 heavy (non-hydrogen) atoms. The van der Waals surface area contributed by atoms with Gasteiger partial charge in [-0.25, -0.2) is 4.98 Å². The SMILES string of the molecule is CSc1[nH]c(C(F)(F)F)nc1-c1ccccc1. The first-order chi connectivity index (χ1) is 8.02. The fourth-order valence-corrected chi connectivity index (χ4v) is 1.99. The molecule has 0 aliphatic rings. The highest BCUT2D eigenvalue weighted by atomic mass is 32.2. The largest absolute Gasteiger partial charge is 0.449 e. The summed E-state index contributed by atoms with van der Waals surface area (Å²) in [6.45, 7) is 0. The fourth-order valence-electron chi connectivity index (χ4n) is 1.43. The highest BCUT2D eigenvalue weighted by Gasteiger charge is 2.35. The van der Waals surface area contributed by atoms with E-state index >= 15 is 0 Å². The molecule has 0 saturated heterocycles. The zero-order chi connectivity index (χ0) is 12.5. The number of nitrogens with one attached hydrogen (secondary N) is 1.